The summed E-state index contributed by atoms with van der Waals surface area (Å²) >= 11 is 0. The van der Waals surface area contributed by atoms with Crippen LogP contribution in [0.4, 0.5) is 0 Å². The van der Waals surface area contributed by atoms with Crippen molar-refractivity contribution in [3.8, 4) is 0 Å². The number of hydrogen-bond acceptors (Lipinski definition) is 1. The van der Waals surface area contributed by atoms with E-state index in [2.05, 4.69) is 24.6 Å². The molecular weight excluding hydrogens is 134 g/mol. The first-order chi connectivity index (χ1) is 5.34. The van der Waals surface area contributed by atoms with E-state index in [1.54, 1.807) is 6.20 Å². The minimum absolute atomic E-state index is 0.543. The Labute approximate surface area is 67.8 Å². The van der Waals surface area contributed by atoms with Crippen molar-refractivity contribution in [2.24, 2.45) is 0 Å². The van der Waals surface area contributed by atoms with Gasteiger partial charge in [-0.25, -0.2) is 0 Å². The monoisotopic (exact) mass is 147 g/mol. The van der Waals surface area contributed by atoms with Gasteiger partial charge >= 0.3 is 0 Å². The highest BCUT2D eigenvalue weighted by Crippen LogP contribution is 2.16. The fourth-order valence-electron chi connectivity index (χ4n) is 1.05. The molecule has 1 heteroatoms. The second kappa shape index (κ2) is 3.91. The van der Waals surface area contributed by atoms with Gasteiger partial charge in [0.25, 0.3) is 0 Å². The Morgan fingerprint density at radius 1 is 1.73 bits per heavy atom. The highest BCUT2D eigenvalue weighted by molar-refractivity contribution is 5.14. The molecule has 0 bridgehead atoms. The zero-order valence-corrected chi connectivity index (χ0v) is 6.83. The highest BCUT2D eigenvalue weighted by Gasteiger charge is 2.00. The van der Waals surface area contributed by atoms with Gasteiger partial charge in [-0.2, -0.15) is 0 Å². The molecule has 0 saturated carbocycles. The molecule has 0 saturated heterocycles. The van der Waals surface area contributed by atoms with Crippen molar-refractivity contribution in [2.75, 3.05) is 0 Å². The number of hydrogen-bond donors (Lipinski definition) is 0. The topological polar surface area (TPSA) is 12.9 Å². The summed E-state index contributed by atoms with van der Waals surface area (Å²) in [5, 5.41) is 0. The molecule has 1 nitrogen and oxygen atoms in total. The fraction of sp³-hybridized carbons (Fsp3) is 0.300. The van der Waals surface area contributed by atoms with Gasteiger partial charge in [0.15, 0.2) is 0 Å². The van der Waals surface area contributed by atoms with E-state index in [4.69, 9.17) is 0 Å². The van der Waals surface area contributed by atoms with Crippen LogP contribution >= 0.6 is 0 Å². The summed E-state index contributed by atoms with van der Waals surface area (Å²) in [5.74, 6) is 0.543. The molecule has 0 aliphatic rings. The molecule has 58 valence electrons. The Kier molecular flexibility index (Phi) is 2.84. The second-order valence-electron chi connectivity index (χ2n) is 2.71. The van der Waals surface area contributed by atoms with E-state index in [1.165, 1.54) is 5.56 Å². The number of pyridine rings is 1. The smallest absolute Gasteiger partial charge is 0.0302 e. The Morgan fingerprint density at radius 2 is 2.55 bits per heavy atom. The van der Waals surface area contributed by atoms with Crippen LogP contribution in [0.1, 0.15) is 24.8 Å². The second-order valence-corrected chi connectivity index (χ2v) is 2.71. The summed E-state index contributed by atoms with van der Waals surface area (Å²) in [7, 11) is 0. The standard InChI is InChI=1S/C10H13N/c1-3-5-9(2)10-6-4-7-11-8-10/h3-4,6-9H,1,5H2,2H3. The first kappa shape index (κ1) is 7.99. The quantitative estimate of drug-likeness (QED) is 0.599. The molecule has 1 aromatic rings. The number of nitrogens with zero attached hydrogens (tertiary/aromatic N) is 1. The molecule has 0 aliphatic carbocycles. The van der Waals surface area contributed by atoms with E-state index < -0.39 is 0 Å². The highest BCUT2D eigenvalue weighted by atomic mass is 14.6. The minimum Gasteiger partial charge on any atom is -0.264 e. The lowest BCUT2D eigenvalue weighted by atomic mass is 10.0. The third-order valence-electron chi connectivity index (χ3n) is 1.77. The van der Waals surface area contributed by atoms with Crippen LogP contribution in [0, 0.1) is 0 Å². The Bertz CT molecular complexity index is 216. The summed E-state index contributed by atoms with van der Waals surface area (Å²) < 4.78 is 0. The van der Waals surface area contributed by atoms with Crippen LogP contribution in [-0.2, 0) is 0 Å². The molecule has 1 rings (SSSR count). The first-order valence-corrected chi connectivity index (χ1v) is 3.85. The first-order valence-electron chi connectivity index (χ1n) is 3.85. The Hall–Kier alpha value is -1.11. The summed E-state index contributed by atoms with van der Waals surface area (Å²) in [4.78, 5) is 4.05. The van der Waals surface area contributed by atoms with E-state index in [0.717, 1.165) is 6.42 Å². The molecule has 0 N–H and O–H groups in total. The summed E-state index contributed by atoms with van der Waals surface area (Å²) in [6.07, 6.45) is 6.67. The summed E-state index contributed by atoms with van der Waals surface area (Å²) in [5.41, 5.74) is 1.28. The number of aromatic nitrogens is 1. The van der Waals surface area contributed by atoms with E-state index >= 15 is 0 Å². The van der Waals surface area contributed by atoms with Crippen molar-refractivity contribution in [1.29, 1.82) is 0 Å². The van der Waals surface area contributed by atoms with Gasteiger partial charge in [-0.15, -0.1) is 6.58 Å². The Morgan fingerprint density at radius 3 is 3.09 bits per heavy atom. The number of allylic oxidation sites excluding steroid dienone is 1. The molecule has 0 amide bonds. The van der Waals surface area contributed by atoms with Gasteiger partial charge in [0, 0.05) is 12.4 Å². The maximum atomic E-state index is 4.05. The van der Waals surface area contributed by atoms with Crippen LogP contribution < -0.4 is 0 Å². The fourth-order valence-corrected chi connectivity index (χ4v) is 1.05. The third-order valence-corrected chi connectivity index (χ3v) is 1.77. The van der Waals surface area contributed by atoms with Crippen LogP contribution in [0.15, 0.2) is 37.2 Å². The molecular formula is C10H13N. The zero-order valence-electron chi connectivity index (χ0n) is 6.83. The van der Waals surface area contributed by atoms with E-state index in [1.807, 2.05) is 18.3 Å². The summed E-state index contributed by atoms with van der Waals surface area (Å²) in [6.45, 7) is 5.89. The predicted octanol–water partition coefficient (Wildman–Crippen LogP) is 2.76. The van der Waals surface area contributed by atoms with Gasteiger partial charge in [-0.05, 0) is 24.0 Å². The molecule has 0 fully saturated rings. The molecule has 1 unspecified atom stereocenters. The normalized spacial score (nSPS) is 12.5. The van der Waals surface area contributed by atoms with Crippen LogP contribution in [0.25, 0.3) is 0 Å². The lowest BCUT2D eigenvalue weighted by Gasteiger charge is -2.06. The molecule has 0 radical (unpaired) electrons. The van der Waals surface area contributed by atoms with Gasteiger partial charge in [-0.3, -0.25) is 4.98 Å². The molecule has 1 atom stereocenters. The van der Waals surface area contributed by atoms with Crippen LogP contribution in [0.2, 0.25) is 0 Å². The van der Waals surface area contributed by atoms with Gasteiger partial charge in [0.2, 0.25) is 0 Å². The van der Waals surface area contributed by atoms with Crippen molar-refractivity contribution in [1.82, 2.24) is 4.98 Å². The third kappa shape index (κ3) is 2.19. The van der Waals surface area contributed by atoms with E-state index in [-0.39, 0.29) is 0 Å². The van der Waals surface area contributed by atoms with E-state index in [0.29, 0.717) is 5.92 Å². The average molecular weight is 147 g/mol. The van der Waals surface area contributed by atoms with Gasteiger partial charge in [0.05, 0.1) is 0 Å². The van der Waals surface area contributed by atoms with Gasteiger partial charge in [0.1, 0.15) is 0 Å². The van der Waals surface area contributed by atoms with Gasteiger partial charge in [-0.1, -0.05) is 19.1 Å². The van der Waals surface area contributed by atoms with Crippen molar-refractivity contribution >= 4 is 0 Å². The van der Waals surface area contributed by atoms with Crippen molar-refractivity contribution < 1.29 is 0 Å². The van der Waals surface area contributed by atoms with E-state index in [9.17, 15) is 0 Å². The predicted molar refractivity (Wildman–Crippen MR) is 47.5 cm³/mol. The zero-order chi connectivity index (χ0) is 8.10. The van der Waals surface area contributed by atoms with Crippen LogP contribution in [0.5, 0.6) is 0 Å². The van der Waals surface area contributed by atoms with Crippen molar-refractivity contribution in [3.05, 3.63) is 42.7 Å². The minimum atomic E-state index is 0.543. The van der Waals surface area contributed by atoms with Crippen molar-refractivity contribution in [2.45, 2.75) is 19.3 Å². The largest absolute Gasteiger partial charge is 0.264 e. The molecule has 1 aromatic heterocycles. The average Bonchev–Trinajstić information content (AvgIpc) is 2.07. The Balaban J connectivity index is 2.68. The molecule has 0 aliphatic heterocycles. The lowest BCUT2D eigenvalue weighted by molar-refractivity contribution is 0.776. The molecule has 0 aromatic carbocycles. The SMILES string of the molecule is C=CCC(C)c1cccnc1. The maximum absolute atomic E-state index is 4.05. The molecule has 0 spiro atoms. The molecule has 1 heterocycles. The van der Waals surface area contributed by atoms with Crippen LogP contribution in [0.3, 0.4) is 0 Å². The van der Waals surface area contributed by atoms with Crippen LogP contribution in [-0.4, -0.2) is 4.98 Å². The maximum Gasteiger partial charge on any atom is 0.0302 e. The number of rotatable bonds is 3. The molecule has 11 heavy (non-hydrogen) atoms. The van der Waals surface area contributed by atoms with Gasteiger partial charge < -0.3 is 0 Å². The van der Waals surface area contributed by atoms with Crippen molar-refractivity contribution in [3.63, 3.8) is 0 Å². The summed E-state index contributed by atoms with van der Waals surface area (Å²) in [6, 6.07) is 4.07. The lowest BCUT2D eigenvalue weighted by Crippen LogP contribution is -1.91.